The van der Waals surface area contributed by atoms with Gasteiger partial charge in [0.15, 0.2) is 0 Å². The van der Waals surface area contributed by atoms with Crippen molar-refractivity contribution in [3.05, 3.63) is 59.2 Å². The van der Waals surface area contributed by atoms with E-state index in [2.05, 4.69) is 11.4 Å². The van der Waals surface area contributed by atoms with Gasteiger partial charge >= 0.3 is 6.03 Å². The van der Waals surface area contributed by atoms with Gasteiger partial charge in [-0.2, -0.15) is 5.26 Å². The molecule has 1 unspecified atom stereocenters. The number of nitrogens with one attached hydrogen (secondary N) is 1. The summed E-state index contributed by atoms with van der Waals surface area (Å²) in [6, 6.07) is 15.2. The standard InChI is InChI=1S/C20H21N3O2/c1-14-5-6-15(13-21)12-18(14)22-20(24)23-11-3-4-19(23)16-7-9-17(25-2)10-8-16/h5-10,12,19H,3-4,11H2,1-2H3,(H,22,24). The van der Waals surface area contributed by atoms with E-state index >= 15 is 0 Å². The fraction of sp³-hybridized carbons (Fsp3) is 0.300. The van der Waals surface area contributed by atoms with Gasteiger partial charge in [0, 0.05) is 12.2 Å². The van der Waals surface area contributed by atoms with Crippen molar-refractivity contribution >= 4 is 11.7 Å². The van der Waals surface area contributed by atoms with Gasteiger partial charge in [0.1, 0.15) is 5.75 Å². The van der Waals surface area contributed by atoms with Crippen molar-refractivity contribution in [1.82, 2.24) is 4.90 Å². The molecule has 3 rings (SSSR count). The molecule has 1 atom stereocenters. The predicted octanol–water partition coefficient (Wildman–Crippen LogP) is 4.24. The summed E-state index contributed by atoms with van der Waals surface area (Å²) in [5.41, 5.74) is 3.27. The second-order valence-electron chi connectivity index (χ2n) is 6.20. The third-order valence-electron chi connectivity index (χ3n) is 4.62. The van der Waals surface area contributed by atoms with Gasteiger partial charge in [-0.15, -0.1) is 0 Å². The Morgan fingerprint density at radius 2 is 2.04 bits per heavy atom. The van der Waals surface area contributed by atoms with E-state index in [1.807, 2.05) is 42.2 Å². The number of nitriles is 1. The van der Waals surface area contributed by atoms with Gasteiger partial charge in [-0.1, -0.05) is 18.2 Å². The van der Waals surface area contributed by atoms with Crippen molar-refractivity contribution in [3.63, 3.8) is 0 Å². The lowest BCUT2D eigenvalue weighted by molar-refractivity contribution is 0.207. The fourth-order valence-corrected chi connectivity index (χ4v) is 3.20. The van der Waals surface area contributed by atoms with Crippen LogP contribution in [-0.2, 0) is 0 Å². The smallest absolute Gasteiger partial charge is 0.322 e. The molecule has 0 aliphatic carbocycles. The molecule has 1 N–H and O–H groups in total. The van der Waals surface area contributed by atoms with Crippen molar-refractivity contribution in [1.29, 1.82) is 5.26 Å². The number of rotatable bonds is 3. The zero-order valence-electron chi connectivity index (χ0n) is 14.5. The molecule has 1 aliphatic rings. The van der Waals surface area contributed by atoms with Crippen LogP contribution in [0.5, 0.6) is 5.75 Å². The summed E-state index contributed by atoms with van der Waals surface area (Å²) in [6.07, 6.45) is 1.91. The van der Waals surface area contributed by atoms with Crippen LogP contribution in [0.15, 0.2) is 42.5 Å². The quantitative estimate of drug-likeness (QED) is 0.912. The molecule has 2 aromatic carbocycles. The maximum Gasteiger partial charge on any atom is 0.322 e. The zero-order valence-corrected chi connectivity index (χ0v) is 14.5. The highest BCUT2D eigenvalue weighted by Crippen LogP contribution is 2.33. The Bertz CT molecular complexity index is 809. The van der Waals surface area contributed by atoms with Gasteiger partial charge in [-0.3, -0.25) is 0 Å². The van der Waals surface area contributed by atoms with Crippen LogP contribution in [0, 0.1) is 18.3 Å². The van der Waals surface area contributed by atoms with Crippen LogP contribution in [0.4, 0.5) is 10.5 Å². The number of carbonyl (C=O) groups excluding carboxylic acids is 1. The SMILES string of the molecule is COc1ccc(C2CCCN2C(=O)Nc2cc(C#N)ccc2C)cc1. The van der Waals surface area contributed by atoms with Crippen LogP contribution in [0.1, 0.15) is 35.6 Å². The highest BCUT2D eigenvalue weighted by Gasteiger charge is 2.30. The highest BCUT2D eigenvalue weighted by atomic mass is 16.5. The van der Waals surface area contributed by atoms with E-state index in [9.17, 15) is 4.79 Å². The van der Waals surface area contributed by atoms with E-state index in [1.165, 1.54) is 0 Å². The van der Waals surface area contributed by atoms with E-state index in [4.69, 9.17) is 10.00 Å². The second kappa shape index (κ2) is 7.27. The first-order valence-electron chi connectivity index (χ1n) is 8.34. The summed E-state index contributed by atoms with van der Waals surface area (Å²) >= 11 is 0. The minimum absolute atomic E-state index is 0.0605. The normalized spacial score (nSPS) is 16.4. The highest BCUT2D eigenvalue weighted by molar-refractivity contribution is 5.90. The summed E-state index contributed by atoms with van der Waals surface area (Å²) in [5.74, 6) is 0.807. The van der Waals surface area contributed by atoms with Crippen molar-refractivity contribution in [3.8, 4) is 11.8 Å². The number of methoxy groups -OCH3 is 1. The van der Waals surface area contributed by atoms with E-state index in [-0.39, 0.29) is 12.1 Å². The van der Waals surface area contributed by atoms with Gasteiger partial charge in [0.2, 0.25) is 0 Å². The Kier molecular flexibility index (Phi) is 4.90. The Hall–Kier alpha value is -3.00. The van der Waals surface area contributed by atoms with Crippen LogP contribution >= 0.6 is 0 Å². The van der Waals surface area contributed by atoms with Crippen molar-refractivity contribution in [2.24, 2.45) is 0 Å². The molecule has 0 saturated carbocycles. The molecule has 0 radical (unpaired) electrons. The molecular formula is C20H21N3O2. The number of amides is 2. The molecule has 25 heavy (non-hydrogen) atoms. The lowest BCUT2D eigenvalue weighted by Crippen LogP contribution is -2.34. The van der Waals surface area contributed by atoms with Crippen LogP contribution in [-0.4, -0.2) is 24.6 Å². The molecule has 1 aliphatic heterocycles. The van der Waals surface area contributed by atoms with E-state index in [0.717, 1.165) is 36.3 Å². The van der Waals surface area contributed by atoms with Crippen LogP contribution < -0.4 is 10.1 Å². The number of aryl methyl sites for hydroxylation is 1. The van der Waals surface area contributed by atoms with E-state index in [1.54, 1.807) is 19.2 Å². The predicted molar refractivity (Wildman–Crippen MR) is 96.6 cm³/mol. The largest absolute Gasteiger partial charge is 0.497 e. The van der Waals surface area contributed by atoms with Crippen molar-refractivity contribution in [2.45, 2.75) is 25.8 Å². The lowest BCUT2D eigenvalue weighted by Gasteiger charge is -2.26. The third kappa shape index (κ3) is 3.58. The minimum Gasteiger partial charge on any atom is -0.497 e. The summed E-state index contributed by atoms with van der Waals surface area (Å²) in [6.45, 7) is 2.64. The first-order valence-corrected chi connectivity index (χ1v) is 8.34. The topological polar surface area (TPSA) is 65.4 Å². The summed E-state index contributed by atoms with van der Waals surface area (Å²) < 4.78 is 5.20. The monoisotopic (exact) mass is 335 g/mol. The number of ether oxygens (including phenoxy) is 1. The van der Waals surface area contributed by atoms with Gasteiger partial charge < -0.3 is 15.0 Å². The summed E-state index contributed by atoms with van der Waals surface area (Å²) in [5, 5.41) is 12.0. The first kappa shape index (κ1) is 16.8. The maximum atomic E-state index is 12.8. The van der Waals surface area contributed by atoms with Gasteiger partial charge in [-0.05, 0) is 55.2 Å². The third-order valence-corrected chi connectivity index (χ3v) is 4.62. The Balaban J connectivity index is 1.78. The average Bonchev–Trinajstić information content (AvgIpc) is 3.13. The van der Waals surface area contributed by atoms with Crippen LogP contribution in [0.3, 0.4) is 0 Å². The number of urea groups is 1. The van der Waals surface area contributed by atoms with E-state index in [0.29, 0.717) is 11.3 Å². The molecule has 2 aromatic rings. The average molecular weight is 335 g/mol. The molecule has 5 heteroatoms. The number of anilines is 1. The van der Waals surface area contributed by atoms with Gasteiger partial charge in [0.05, 0.1) is 24.8 Å². The Labute approximate surface area is 147 Å². The maximum absolute atomic E-state index is 12.8. The zero-order chi connectivity index (χ0) is 17.8. The van der Waals surface area contributed by atoms with Crippen LogP contribution in [0.25, 0.3) is 0 Å². The number of carbonyl (C=O) groups is 1. The molecule has 1 heterocycles. The summed E-state index contributed by atoms with van der Waals surface area (Å²) in [4.78, 5) is 14.6. The minimum atomic E-state index is -0.128. The lowest BCUT2D eigenvalue weighted by atomic mass is 10.0. The Morgan fingerprint density at radius 3 is 2.72 bits per heavy atom. The molecule has 1 saturated heterocycles. The number of likely N-dealkylation sites (tertiary alicyclic amines) is 1. The number of hydrogen-bond acceptors (Lipinski definition) is 3. The van der Waals surface area contributed by atoms with Crippen molar-refractivity contribution < 1.29 is 9.53 Å². The fourth-order valence-electron chi connectivity index (χ4n) is 3.20. The van der Waals surface area contributed by atoms with Gasteiger partial charge in [0.25, 0.3) is 0 Å². The molecule has 2 amide bonds. The van der Waals surface area contributed by atoms with Gasteiger partial charge in [-0.25, -0.2) is 4.79 Å². The number of benzene rings is 2. The second-order valence-corrected chi connectivity index (χ2v) is 6.20. The Morgan fingerprint density at radius 1 is 1.28 bits per heavy atom. The molecule has 5 nitrogen and oxygen atoms in total. The van der Waals surface area contributed by atoms with E-state index < -0.39 is 0 Å². The molecule has 128 valence electrons. The molecule has 0 bridgehead atoms. The van der Waals surface area contributed by atoms with Crippen molar-refractivity contribution in [2.75, 3.05) is 19.0 Å². The number of nitrogens with zero attached hydrogens (tertiary/aromatic N) is 2. The van der Waals surface area contributed by atoms with Crippen LogP contribution in [0.2, 0.25) is 0 Å². The first-order chi connectivity index (χ1) is 12.1. The number of hydrogen-bond donors (Lipinski definition) is 1. The molecule has 1 fully saturated rings. The molecular weight excluding hydrogens is 314 g/mol. The summed E-state index contributed by atoms with van der Waals surface area (Å²) in [7, 11) is 1.64. The molecule has 0 aromatic heterocycles. The molecule has 0 spiro atoms.